The summed E-state index contributed by atoms with van der Waals surface area (Å²) >= 11 is 0. The summed E-state index contributed by atoms with van der Waals surface area (Å²) in [7, 11) is 0. The molecule has 2 heterocycles. The Kier molecular flexibility index (Phi) is 2.32. The summed E-state index contributed by atoms with van der Waals surface area (Å²) in [5, 5.41) is 10.5. The highest BCUT2D eigenvalue weighted by molar-refractivity contribution is 6.02. The van der Waals surface area contributed by atoms with Gasteiger partial charge in [-0.1, -0.05) is 0 Å². The van der Waals surface area contributed by atoms with Gasteiger partial charge < -0.3 is 14.6 Å². The Morgan fingerprint density at radius 1 is 1.38 bits per heavy atom. The molecule has 4 aliphatic rings. The predicted molar refractivity (Wildman–Crippen MR) is 76.5 cm³/mol. The summed E-state index contributed by atoms with van der Waals surface area (Å²) in [5.41, 5.74) is -0.703. The van der Waals surface area contributed by atoms with E-state index in [4.69, 9.17) is 9.47 Å². The van der Waals surface area contributed by atoms with Crippen LogP contribution in [-0.4, -0.2) is 33.8 Å². The zero-order valence-electron chi connectivity index (χ0n) is 13.0. The van der Waals surface area contributed by atoms with Crippen LogP contribution in [0.3, 0.4) is 0 Å². The van der Waals surface area contributed by atoms with Gasteiger partial charge in [0.2, 0.25) is 0 Å². The molecule has 0 aromatic carbocycles. The summed E-state index contributed by atoms with van der Waals surface area (Å²) in [6, 6.07) is 0. The minimum atomic E-state index is -0.748. The van der Waals surface area contributed by atoms with Crippen LogP contribution in [0.2, 0.25) is 0 Å². The average molecular weight is 290 g/mol. The molecule has 2 aliphatic carbocycles. The van der Waals surface area contributed by atoms with Crippen molar-refractivity contribution < 1.29 is 19.4 Å². The Morgan fingerprint density at radius 3 is 2.76 bits per heavy atom. The summed E-state index contributed by atoms with van der Waals surface area (Å²) in [6.45, 7) is 7.77. The van der Waals surface area contributed by atoms with Crippen LogP contribution in [0, 0.1) is 11.8 Å². The van der Waals surface area contributed by atoms with Crippen LogP contribution in [-0.2, 0) is 14.3 Å². The normalized spacial score (nSPS) is 47.7. The molecule has 1 spiro atoms. The van der Waals surface area contributed by atoms with Gasteiger partial charge in [0.1, 0.15) is 17.5 Å². The van der Waals surface area contributed by atoms with E-state index in [0.29, 0.717) is 5.76 Å². The molecule has 4 nitrogen and oxygen atoms in total. The van der Waals surface area contributed by atoms with Crippen molar-refractivity contribution in [1.29, 1.82) is 0 Å². The monoisotopic (exact) mass is 290 g/mol. The highest BCUT2D eigenvalue weighted by atomic mass is 16.7. The van der Waals surface area contributed by atoms with E-state index in [1.807, 2.05) is 20.8 Å². The molecule has 0 amide bonds. The Labute approximate surface area is 124 Å². The fourth-order valence-corrected chi connectivity index (χ4v) is 4.81. The first-order chi connectivity index (χ1) is 9.68. The van der Waals surface area contributed by atoms with Gasteiger partial charge in [-0.2, -0.15) is 0 Å². The van der Waals surface area contributed by atoms with Gasteiger partial charge in [0, 0.05) is 12.0 Å². The number of rotatable bonds is 1. The van der Waals surface area contributed by atoms with Gasteiger partial charge in [-0.15, -0.1) is 0 Å². The maximum atomic E-state index is 11.8. The highest BCUT2D eigenvalue weighted by Gasteiger charge is 2.75. The molecule has 4 rings (SSSR count). The first-order valence-corrected chi connectivity index (χ1v) is 7.72. The Bertz CT molecular complexity index is 596. The van der Waals surface area contributed by atoms with Crippen LogP contribution in [0.5, 0.6) is 0 Å². The lowest BCUT2D eigenvalue weighted by atomic mass is 9.70. The van der Waals surface area contributed by atoms with Gasteiger partial charge in [0.15, 0.2) is 11.4 Å². The first kappa shape index (κ1) is 13.5. The third kappa shape index (κ3) is 1.55. The molecule has 0 aromatic heterocycles. The topological polar surface area (TPSA) is 59.1 Å². The second kappa shape index (κ2) is 3.61. The molecule has 1 N–H and O–H groups in total. The number of carbonyl (C=O) groups excluding carboxylic acids is 1. The number of aliphatic hydroxyl groups is 1. The third-order valence-corrected chi connectivity index (χ3v) is 5.91. The molecular weight excluding hydrogens is 268 g/mol. The largest absolute Gasteiger partial charge is 0.488 e. The van der Waals surface area contributed by atoms with E-state index in [-0.39, 0.29) is 29.3 Å². The van der Waals surface area contributed by atoms with Crippen molar-refractivity contribution in [2.24, 2.45) is 11.8 Å². The van der Waals surface area contributed by atoms with Gasteiger partial charge in [0.05, 0.1) is 5.60 Å². The number of carbonyl (C=O) groups is 1. The van der Waals surface area contributed by atoms with Gasteiger partial charge in [-0.05, 0) is 58.1 Å². The molecule has 0 aromatic rings. The van der Waals surface area contributed by atoms with Crippen LogP contribution in [0.1, 0.15) is 40.5 Å². The van der Waals surface area contributed by atoms with Crippen LogP contribution in [0.25, 0.3) is 0 Å². The second-order valence-corrected chi connectivity index (χ2v) is 7.75. The fraction of sp³-hybridized carbons (Fsp3) is 0.706. The van der Waals surface area contributed by atoms with Gasteiger partial charge in [-0.25, -0.2) is 0 Å². The Morgan fingerprint density at radius 2 is 2.10 bits per heavy atom. The molecule has 4 heteroatoms. The minimum absolute atomic E-state index is 0.0192. The molecule has 3 fully saturated rings. The fourth-order valence-electron chi connectivity index (χ4n) is 4.81. The van der Waals surface area contributed by atoms with Gasteiger partial charge in [-0.3, -0.25) is 4.79 Å². The minimum Gasteiger partial charge on any atom is -0.488 e. The Hall–Kier alpha value is -1.13. The number of ketones is 1. The quantitative estimate of drug-likeness (QED) is 0.752. The molecule has 2 saturated heterocycles. The van der Waals surface area contributed by atoms with E-state index < -0.39 is 11.2 Å². The Balaban J connectivity index is 1.78. The molecule has 2 aliphatic heterocycles. The molecule has 1 saturated carbocycles. The lowest BCUT2D eigenvalue weighted by Gasteiger charge is -2.43. The first-order valence-electron chi connectivity index (χ1n) is 7.72. The predicted octanol–water partition coefficient (Wildman–Crippen LogP) is 2.12. The van der Waals surface area contributed by atoms with E-state index in [0.717, 1.165) is 18.4 Å². The maximum absolute atomic E-state index is 11.8. The van der Waals surface area contributed by atoms with Crippen LogP contribution >= 0.6 is 0 Å². The second-order valence-electron chi connectivity index (χ2n) is 7.75. The molecule has 0 bridgehead atoms. The van der Waals surface area contributed by atoms with Crippen molar-refractivity contribution in [3.63, 3.8) is 0 Å². The van der Waals surface area contributed by atoms with Gasteiger partial charge in [0.25, 0.3) is 0 Å². The van der Waals surface area contributed by atoms with Crippen molar-refractivity contribution in [3.05, 3.63) is 23.5 Å². The van der Waals surface area contributed by atoms with E-state index in [1.165, 1.54) is 0 Å². The highest BCUT2D eigenvalue weighted by Crippen LogP contribution is 2.66. The molecule has 5 atom stereocenters. The number of allylic oxidation sites excluding steroid dienone is 2. The van der Waals surface area contributed by atoms with Crippen molar-refractivity contribution in [3.8, 4) is 0 Å². The SMILES string of the molecule is CC1=CC(=O)C=C2O[C@@]3(C)CC[C@H](C(C)(C)O)[C@H]3[C@H]3O[C@@]123. The summed E-state index contributed by atoms with van der Waals surface area (Å²) in [5.74, 6) is 0.958. The zero-order chi connectivity index (χ0) is 15.2. The van der Waals surface area contributed by atoms with Gasteiger partial charge >= 0.3 is 0 Å². The van der Waals surface area contributed by atoms with E-state index in [1.54, 1.807) is 12.2 Å². The number of hydrogen-bond acceptors (Lipinski definition) is 4. The number of hydrogen-bond donors (Lipinski definition) is 1. The van der Waals surface area contributed by atoms with Crippen molar-refractivity contribution in [2.45, 2.75) is 63.4 Å². The molecule has 0 radical (unpaired) electrons. The molecule has 21 heavy (non-hydrogen) atoms. The smallest absolute Gasteiger partial charge is 0.182 e. The number of epoxide rings is 1. The van der Waals surface area contributed by atoms with E-state index in [2.05, 4.69) is 6.92 Å². The number of fused-ring (bicyclic) bond motifs is 2. The van der Waals surface area contributed by atoms with Crippen LogP contribution in [0.4, 0.5) is 0 Å². The zero-order valence-corrected chi connectivity index (χ0v) is 13.0. The molecular formula is C17H22O4. The van der Waals surface area contributed by atoms with Crippen molar-refractivity contribution in [2.75, 3.05) is 0 Å². The standard InChI is InChI=1S/C17H22O4/c1-9-7-10(18)8-12-17(9)14(21-17)13-11(15(2,3)19)5-6-16(13,4)20-12/h7-8,11,13-14,19H,5-6H2,1-4H3/t11-,13-,14+,16-,17-/m0/s1. The summed E-state index contributed by atoms with van der Waals surface area (Å²) in [4.78, 5) is 11.8. The van der Waals surface area contributed by atoms with Crippen LogP contribution < -0.4 is 0 Å². The lowest BCUT2D eigenvalue weighted by Crippen LogP contribution is -2.51. The average Bonchev–Trinajstić information content (AvgIpc) is 2.97. The van der Waals surface area contributed by atoms with Crippen molar-refractivity contribution in [1.82, 2.24) is 0 Å². The summed E-state index contributed by atoms with van der Waals surface area (Å²) < 4.78 is 12.4. The van der Waals surface area contributed by atoms with E-state index >= 15 is 0 Å². The van der Waals surface area contributed by atoms with E-state index in [9.17, 15) is 9.90 Å². The molecule has 114 valence electrons. The number of ether oxygens (including phenoxy) is 2. The lowest BCUT2D eigenvalue weighted by molar-refractivity contribution is -0.112. The third-order valence-electron chi connectivity index (χ3n) is 5.91. The molecule has 0 unspecified atom stereocenters. The summed E-state index contributed by atoms with van der Waals surface area (Å²) in [6.07, 6.45) is 5.04. The maximum Gasteiger partial charge on any atom is 0.182 e. The van der Waals surface area contributed by atoms with Crippen LogP contribution in [0.15, 0.2) is 23.5 Å². The van der Waals surface area contributed by atoms with Crippen molar-refractivity contribution >= 4 is 5.78 Å².